The van der Waals surface area contributed by atoms with Crippen molar-refractivity contribution in [2.45, 2.75) is 38.5 Å². The van der Waals surface area contributed by atoms with Crippen LogP contribution in [0, 0.1) is 0 Å². The number of benzene rings is 1. The highest BCUT2D eigenvalue weighted by atomic mass is 32.1. The van der Waals surface area contributed by atoms with E-state index in [4.69, 9.17) is 4.74 Å². The fraction of sp³-hybridized carbons (Fsp3) is 0.409. The van der Waals surface area contributed by atoms with Gasteiger partial charge in [0.15, 0.2) is 5.82 Å². The summed E-state index contributed by atoms with van der Waals surface area (Å²) < 4.78 is 46.8. The monoisotopic (exact) mass is 464 g/mol. The third-order valence-corrected chi connectivity index (χ3v) is 6.05. The third-order valence-electron chi connectivity index (χ3n) is 5.18. The summed E-state index contributed by atoms with van der Waals surface area (Å²) in [4.78, 5) is 20.0. The number of hydrogen-bond donors (Lipinski definition) is 0. The summed E-state index contributed by atoms with van der Waals surface area (Å²) in [5, 5.41) is 6.17. The molecule has 0 spiro atoms. The number of hydrogen-bond acceptors (Lipinski definition) is 5. The molecule has 3 aromatic rings. The molecule has 0 aliphatic carbocycles. The molecule has 1 saturated heterocycles. The molecule has 1 aliphatic heterocycles. The summed E-state index contributed by atoms with van der Waals surface area (Å²) in [7, 11) is 0. The SMILES string of the molecule is CCCOC1CCCN(C(=O)c2nc(-c3cccs3)n(-c3cccc(C(F)(F)F)c3)n2)C1. The van der Waals surface area contributed by atoms with E-state index in [0.29, 0.717) is 30.4 Å². The molecule has 1 aliphatic rings. The Hall–Kier alpha value is -2.72. The van der Waals surface area contributed by atoms with Crippen molar-refractivity contribution in [3.8, 4) is 16.4 Å². The van der Waals surface area contributed by atoms with E-state index < -0.39 is 11.7 Å². The second-order valence-electron chi connectivity index (χ2n) is 7.58. The summed E-state index contributed by atoms with van der Waals surface area (Å²) in [5.74, 6) is -0.0567. The van der Waals surface area contributed by atoms with Crippen molar-refractivity contribution in [1.29, 1.82) is 0 Å². The first-order chi connectivity index (χ1) is 15.4. The van der Waals surface area contributed by atoms with Crippen molar-refractivity contribution in [1.82, 2.24) is 19.7 Å². The number of piperidine rings is 1. The molecule has 1 unspecified atom stereocenters. The molecule has 1 amide bonds. The Bertz CT molecular complexity index is 1070. The van der Waals surface area contributed by atoms with Crippen LogP contribution in [0.15, 0.2) is 41.8 Å². The number of halogens is 3. The third kappa shape index (κ3) is 4.86. The van der Waals surface area contributed by atoms with Gasteiger partial charge in [-0.2, -0.15) is 13.2 Å². The lowest BCUT2D eigenvalue weighted by molar-refractivity contribution is -0.137. The Balaban J connectivity index is 1.67. The average Bonchev–Trinajstić information content (AvgIpc) is 3.47. The van der Waals surface area contributed by atoms with Crippen LogP contribution in [0.1, 0.15) is 42.4 Å². The van der Waals surface area contributed by atoms with Crippen LogP contribution in [0.5, 0.6) is 0 Å². The van der Waals surface area contributed by atoms with E-state index in [9.17, 15) is 18.0 Å². The largest absolute Gasteiger partial charge is 0.416 e. The summed E-state index contributed by atoms with van der Waals surface area (Å²) >= 11 is 1.37. The second kappa shape index (κ2) is 9.41. The van der Waals surface area contributed by atoms with Gasteiger partial charge < -0.3 is 9.64 Å². The van der Waals surface area contributed by atoms with Gasteiger partial charge in [-0.15, -0.1) is 16.4 Å². The number of amides is 1. The van der Waals surface area contributed by atoms with Crippen molar-refractivity contribution in [3.05, 3.63) is 53.2 Å². The molecule has 32 heavy (non-hydrogen) atoms. The molecule has 0 saturated carbocycles. The van der Waals surface area contributed by atoms with E-state index in [1.165, 1.54) is 28.2 Å². The fourth-order valence-electron chi connectivity index (χ4n) is 3.65. The molecule has 4 rings (SSSR count). The number of aromatic nitrogens is 3. The standard InChI is InChI=1S/C22H23F3N4O2S/c1-2-11-31-17-8-4-10-28(14-17)21(30)19-26-20(18-9-5-12-32-18)29(27-19)16-7-3-6-15(13-16)22(23,24)25/h3,5-7,9,12-13,17H,2,4,8,10-11,14H2,1H3. The highest BCUT2D eigenvalue weighted by molar-refractivity contribution is 7.13. The lowest BCUT2D eigenvalue weighted by Gasteiger charge is -2.31. The van der Waals surface area contributed by atoms with Crippen molar-refractivity contribution in [2.24, 2.45) is 0 Å². The Kier molecular flexibility index (Phi) is 6.61. The van der Waals surface area contributed by atoms with Crippen molar-refractivity contribution in [2.75, 3.05) is 19.7 Å². The molecule has 0 radical (unpaired) electrons. The normalized spacial score (nSPS) is 17.0. The van der Waals surface area contributed by atoms with Crippen molar-refractivity contribution in [3.63, 3.8) is 0 Å². The average molecular weight is 465 g/mol. The van der Waals surface area contributed by atoms with Gasteiger partial charge >= 0.3 is 6.18 Å². The van der Waals surface area contributed by atoms with Crippen molar-refractivity contribution >= 4 is 17.2 Å². The van der Waals surface area contributed by atoms with Crippen LogP contribution in [0.4, 0.5) is 13.2 Å². The summed E-state index contributed by atoms with van der Waals surface area (Å²) in [6.07, 6.45) is -1.92. The number of likely N-dealkylation sites (tertiary alicyclic amines) is 1. The minimum Gasteiger partial charge on any atom is -0.376 e. The molecule has 3 heterocycles. The van der Waals surface area contributed by atoms with Gasteiger partial charge in [-0.1, -0.05) is 19.1 Å². The number of carbonyl (C=O) groups is 1. The number of carbonyl (C=O) groups excluding carboxylic acids is 1. The Labute approximate surface area is 187 Å². The minimum absolute atomic E-state index is 0.0324. The molecule has 2 aromatic heterocycles. The van der Waals surface area contributed by atoms with E-state index in [1.54, 1.807) is 11.0 Å². The summed E-state index contributed by atoms with van der Waals surface area (Å²) in [6, 6.07) is 8.46. The molecular formula is C22H23F3N4O2S. The van der Waals surface area contributed by atoms with Crippen LogP contribution in [-0.2, 0) is 10.9 Å². The van der Waals surface area contributed by atoms with Gasteiger partial charge in [0.1, 0.15) is 0 Å². The zero-order chi connectivity index (χ0) is 22.7. The first-order valence-corrected chi connectivity index (χ1v) is 11.3. The molecule has 0 N–H and O–H groups in total. The van der Waals surface area contributed by atoms with Crippen LogP contribution in [0.2, 0.25) is 0 Å². The maximum absolute atomic E-state index is 13.2. The lowest BCUT2D eigenvalue weighted by Crippen LogP contribution is -2.43. The number of nitrogens with zero attached hydrogens (tertiary/aromatic N) is 4. The van der Waals surface area contributed by atoms with Crippen LogP contribution < -0.4 is 0 Å². The molecule has 170 valence electrons. The number of ether oxygens (including phenoxy) is 1. The topological polar surface area (TPSA) is 60.2 Å². The predicted molar refractivity (Wildman–Crippen MR) is 115 cm³/mol. The smallest absolute Gasteiger partial charge is 0.376 e. The Morgan fingerprint density at radius 3 is 2.84 bits per heavy atom. The van der Waals surface area contributed by atoms with Crippen LogP contribution >= 0.6 is 11.3 Å². The quantitative estimate of drug-likeness (QED) is 0.513. The van der Waals surface area contributed by atoms with Gasteiger partial charge in [-0.25, -0.2) is 9.67 Å². The number of thiophene rings is 1. The van der Waals surface area contributed by atoms with E-state index in [0.717, 1.165) is 31.4 Å². The van der Waals surface area contributed by atoms with Gasteiger partial charge in [0.05, 0.1) is 22.2 Å². The van der Waals surface area contributed by atoms with E-state index in [2.05, 4.69) is 10.1 Å². The van der Waals surface area contributed by atoms with Gasteiger partial charge in [-0.05, 0) is 48.9 Å². The molecule has 0 bridgehead atoms. The lowest BCUT2D eigenvalue weighted by atomic mass is 10.1. The summed E-state index contributed by atoms with van der Waals surface area (Å²) in [6.45, 7) is 3.68. The highest BCUT2D eigenvalue weighted by Gasteiger charge is 2.32. The van der Waals surface area contributed by atoms with Crippen LogP contribution in [0.3, 0.4) is 0 Å². The zero-order valence-electron chi connectivity index (χ0n) is 17.5. The van der Waals surface area contributed by atoms with E-state index in [1.807, 2.05) is 18.4 Å². The number of alkyl halides is 3. The first kappa shape index (κ1) is 22.5. The highest BCUT2D eigenvalue weighted by Crippen LogP contribution is 2.32. The van der Waals surface area contributed by atoms with Gasteiger partial charge in [0, 0.05) is 19.7 Å². The predicted octanol–water partition coefficient (Wildman–Crippen LogP) is 5.05. The molecule has 1 aromatic carbocycles. The van der Waals surface area contributed by atoms with Crippen LogP contribution in [0.25, 0.3) is 16.4 Å². The number of rotatable bonds is 6. The van der Waals surface area contributed by atoms with Gasteiger partial charge in [-0.3, -0.25) is 4.79 Å². The molecule has 1 atom stereocenters. The minimum atomic E-state index is -4.49. The van der Waals surface area contributed by atoms with Gasteiger partial charge in [0.2, 0.25) is 5.82 Å². The zero-order valence-corrected chi connectivity index (χ0v) is 18.3. The summed E-state index contributed by atoms with van der Waals surface area (Å²) in [5.41, 5.74) is -0.597. The Morgan fingerprint density at radius 1 is 1.28 bits per heavy atom. The van der Waals surface area contributed by atoms with Gasteiger partial charge in [0.25, 0.3) is 5.91 Å². The van der Waals surface area contributed by atoms with E-state index >= 15 is 0 Å². The molecule has 10 heteroatoms. The molecular weight excluding hydrogens is 441 g/mol. The first-order valence-electron chi connectivity index (χ1n) is 10.5. The second-order valence-corrected chi connectivity index (χ2v) is 8.53. The maximum Gasteiger partial charge on any atom is 0.416 e. The van der Waals surface area contributed by atoms with E-state index in [-0.39, 0.29) is 23.5 Å². The maximum atomic E-state index is 13.2. The molecule has 6 nitrogen and oxygen atoms in total. The van der Waals surface area contributed by atoms with Crippen molar-refractivity contribution < 1.29 is 22.7 Å². The fourth-order valence-corrected chi connectivity index (χ4v) is 4.35. The van der Waals surface area contributed by atoms with Crippen LogP contribution in [-0.4, -0.2) is 51.4 Å². The Morgan fingerprint density at radius 2 is 2.12 bits per heavy atom. The molecule has 1 fully saturated rings.